The zero-order chi connectivity index (χ0) is 13.5. The largest absolute Gasteiger partial charge is 0.466 e. The van der Waals surface area contributed by atoms with E-state index in [1.54, 1.807) is 0 Å². The summed E-state index contributed by atoms with van der Waals surface area (Å²) in [6, 6.07) is 0. The van der Waals surface area contributed by atoms with Crippen molar-refractivity contribution in [1.82, 2.24) is 10.0 Å². The van der Waals surface area contributed by atoms with E-state index >= 15 is 0 Å². The van der Waals surface area contributed by atoms with Gasteiger partial charge in [-0.1, -0.05) is 6.42 Å². The van der Waals surface area contributed by atoms with E-state index in [9.17, 15) is 4.79 Å². The predicted octanol–water partition coefficient (Wildman–Crippen LogP) is 2.44. The minimum Gasteiger partial charge on any atom is -0.466 e. The second-order valence-corrected chi connectivity index (χ2v) is 5.76. The third kappa shape index (κ3) is 4.77. The topological polar surface area (TPSA) is 32.8 Å². The fraction of sp³-hybridized carbons (Fsp3) is 0.933. The molecule has 0 aliphatic carbocycles. The first-order chi connectivity index (χ1) is 9.29. The van der Waals surface area contributed by atoms with Crippen molar-refractivity contribution < 1.29 is 9.53 Å². The molecule has 110 valence electrons. The Labute approximate surface area is 117 Å². The van der Waals surface area contributed by atoms with Crippen molar-refractivity contribution in [2.75, 3.05) is 32.8 Å². The van der Waals surface area contributed by atoms with Crippen LogP contribution in [0.3, 0.4) is 0 Å². The summed E-state index contributed by atoms with van der Waals surface area (Å²) in [5.74, 6) is 0.686. The maximum absolute atomic E-state index is 11.4. The molecule has 0 aromatic heterocycles. The fourth-order valence-corrected chi connectivity index (χ4v) is 3.21. The van der Waals surface area contributed by atoms with Crippen LogP contribution in [0.15, 0.2) is 0 Å². The van der Waals surface area contributed by atoms with E-state index in [4.69, 9.17) is 4.74 Å². The SMILES string of the molecule is CCOC(=O)CCC1CCN(N2CCCCC2)CC1. The van der Waals surface area contributed by atoms with Gasteiger partial charge in [0.25, 0.3) is 0 Å². The van der Waals surface area contributed by atoms with Gasteiger partial charge in [-0.3, -0.25) is 4.79 Å². The molecule has 0 radical (unpaired) electrons. The average Bonchev–Trinajstić information content (AvgIpc) is 2.47. The molecule has 0 atom stereocenters. The van der Waals surface area contributed by atoms with Crippen LogP contribution in [0.1, 0.15) is 51.9 Å². The molecule has 2 fully saturated rings. The summed E-state index contributed by atoms with van der Waals surface area (Å²) in [6.45, 7) is 7.21. The lowest BCUT2D eigenvalue weighted by Crippen LogP contribution is -2.49. The molecule has 2 aliphatic rings. The molecule has 2 saturated heterocycles. The fourth-order valence-electron chi connectivity index (χ4n) is 3.21. The molecule has 0 bridgehead atoms. The molecule has 0 aromatic rings. The summed E-state index contributed by atoms with van der Waals surface area (Å²) < 4.78 is 4.99. The molecule has 2 aliphatic heterocycles. The molecule has 0 N–H and O–H groups in total. The number of hydrogen-bond donors (Lipinski definition) is 0. The summed E-state index contributed by atoms with van der Waals surface area (Å²) >= 11 is 0. The monoisotopic (exact) mass is 268 g/mol. The van der Waals surface area contributed by atoms with Crippen LogP contribution in [0.5, 0.6) is 0 Å². The maximum atomic E-state index is 11.4. The summed E-state index contributed by atoms with van der Waals surface area (Å²) in [7, 11) is 0. The van der Waals surface area contributed by atoms with Crippen LogP contribution >= 0.6 is 0 Å². The zero-order valence-electron chi connectivity index (χ0n) is 12.3. The lowest BCUT2D eigenvalue weighted by atomic mass is 9.93. The van der Waals surface area contributed by atoms with Gasteiger partial charge in [-0.05, 0) is 44.9 Å². The number of hydrogen-bond acceptors (Lipinski definition) is 4. The first-order valence-electron chi connectivity index (χ1n) is 7.95. The Hall–Kier alpha value is -0.610. The third-order valence-electron chi connectivity index (χ3n) is 4.39. The van der Waals surface area contributed by atoms with Crippen LogP contribution in [0, 0.1) is 5.92 Å². The Balaban J connectivity index is 1.63. The molecule has 2 heterocycles. The van der Waals surface area contributed by atoms with Gasteiger partial charge in [-0.2, -0.15) is 0 Å². The Kier molecular flexibility index (Phi) is 6.11. The van der Waals surface area contributed by atoms with Gasteiger partial charge in [0.15, 0.2) is 0 Å². The lowest BCUT2D eigenvalue weighted by Gasteiger charge is -2.41. The Morgan fingerprint density at radius 3 is 2.32 bits per heavy atom. The smallest absolute Gasteiger partial charge is 0.305 e. The van der Waals surface area contributed by atoms with Crippen molar-refractivity contribution in [3.63, 3.8) is 0 Å². The number of carbonyl (C=O) groups excluding carboxylic acids is 1. The molecule has 19 heavy (non-hydrogen) atoms. The second kappa shape index (κ2) is 7.85. The van der Waals surface area contributed by atoms with Crippen molar-refractivity contribution in [2.24, 2.45) is 5.92 Å². The normalized spacial score (nSPS) is 23.4. The minimum absolute atomic E-state index is 0.0269. The van der Waals surface area contributed by atoms with E-state index in [1.807, 2.05) is 6.92 Å². The number of rotatable bonds is 5. The van der Waals surface area contributed by atoms with Gasteiger partial charge >= 0.3 is 5.97 Å². The van der Waals surface area contributed by atoms with Crippen molar-refractivity contribution in [1.29, 1.82) is 0 Å². The van der Waals surface area contributed by atoms with Crippen LogP contribution in [0.4, 0.5) is 0 Å². The first kappa shape index (κ1) is 14.8. The van der Waals surface area contributed by atoms with E-state index in [0.29, 0.717) is 18.9 Å². The molecule has 0 spiro atoms. The van der Waals surface area contributed by atoms with Gasteiger partial charge in [-0.15, -0.1) is 0 Å². The Bertz CT molecular complexity index is 269. The highest BCUT2D eigenvalue weighted by atomic mass is 16.5. The van der Waals surface area contributed by atoms with E-state index in [2.05, 4.69) is 10.0 Å². The lowest BCUT2D eigenvalue weighted by molar-refractivity contribution is -0.143. The van der Waals surface area contributed by atoms with Crippen LogP contribution < -0.4 is 0 Å². The highest BCUT2D eigenvalue weighted by Gasteiger charge is 2.24. The van der Waals surface area contributed by atoms with Crippen molar-refractivity contribution in [3.8, 4) is 0 Å². The quantitative estimate of drug-likeness (QED) is 0.717. The van der Waals surface area contributed by atoms with Crippen LogP contribution in [-0.4, -0.2) is 48.8 Å². The van der Waals surface area contributed by atoms with Gasteiger partial charge < -0.3 is 4.74 Å². The van der Waals surface area contributed by atoms with E-state index in [1.165, 1.54) is 58.3 Å². The van der Waals surface area contributed by atoms with Gasteiger partial charge in [0.2, 0.25) is 0 Å². The highest BCUT2D eigenvalue weighted by Crippen LogP contribution is 2.24. The van der Waals surface area contributed by atoms with Crippen LogP contribution in [0.2, 0.25) is 0 Å². The van der Waals surface area contributed by atoms with Gasteiger partial charge in [0.1, 0.15) is 0 Å². The first-order valence-corrected chi connectivity index (χ1v) is 7.95. The minimum atomic E-state index is -0.0269. The molecular weight excluding hydrogens is 240 g/mol. The average molecular weight is 268 g/mol. The van der Waals surface area contributed by atoms with E-state index < -0.39 is 0 Å². The van der Waals surface area contributed by atoms with Crippen molar-refractivity contribution in [2.45, 2.75) is 51.9 Å². The Morgan fingerprint density at radius 2 is 1.68 bits per heavy atom. The van der Waals surface area contributed by atoms with Gasteiger partial charge in [0.05, 0.1) is 6.61 Å². The standard InChI is InChI=1S/C15H28N2O2/c1-2-19-15(18)7-6-14-8-12-17(13-9-14)16-10-4-3-5-11-16/h14H,2-13H2,1H3. The summed E-state index contributed by atoms with van der Waals surface area (Å²) in [4.78, 5) is 11.4. The van der Waals surface area contributed by atoms with Gasteiger partial charge in [0, 0.05) is 32.6 Å². The van der Waals surface area contributed by atoms with Crippen LogP contribution in [-0.2, 0) is 9.53 Å². The van der Waals surface area contributed by atoms with Crippen molar-refractivity contribution in [3.05, 3.63) is 0 Å². The van der Waals surface area contributed by atoms with E-state index in [-0.39, 0.29) is 5.97 Å². The molecule has 0 saturated carbocycles. The summed E-state index contributed by atoms with van der Waals surface area (Å²) in [5.41, 5.74) is 0. The van der Waals surface area contributed by atoms with Crippen molar-refractivity contribution >= 4 is 5.97 Å². The Morgan fingerprint density at radius 1 is 1.05 bits per heavy atom. The van der Waals surface area contributed by atoms with Gasteiger partial charge in [-0.25, -0.2) is 10.0 Å². The number of carbonyl (C=O) groups is 1. The zero-order valence-corrected chi connectivity index (χ0v) is 12.3. The number of ether oxygens (including phenoxy) is 1. The van der Waals surface area contributed by atoms with Crippen LogP contribution in [0.25, 0.3) is 0 Å². The third-order valence-corrected chi connectivity index (χ3v) is 4.39. The highest BCUT2D eigenvalue weighted by molar-refractivity contribution is 5.69. The number of hydrazine groups is 1. The molecule has 4 heteroatoms. The molecule has 0 unspecified atom stereocenters. The second-order valence-electron chi connectivity index (χ2n) is 5.76. The maximum Gasteiger partial charge on any atom is 0.305 e. The number of nitrogens with zero attached hydrogens (tertiary/aromatic N) is 2. The molecule has 2 rings (SSSR count). The molecule has 0 amide bonds. The number of piperidine rings is 2. The molecule has 4 nitrogen and oxygen atoms in total. The summed E-state index contributed by atoms with van der Waals surface area (Å²) in [6.07, 6.45) is 8.17. The number of esters is 1. The van der Waals surface area contributed by atoms with E-state index in [0.717, 1.165) is 6.42 Å². The molecular formula is C15H28N2O2. The predicted molar refractivity (Wildman–Crippen MR) is 75.6 cm³/mol. The summed E-state index contributed by atoms with van der Waals surface area (Å²) in [5, 5.41) is 5.09. The molecule has 0 aromatic carbocycles.